The molecule has 2 N–H and O–H groups in total. The average Bonchev–Trinajstić information content (AvgIpc) is 3.06. The Labute approximate surface area is 150 Å². The van der Waals surface area contributed by atoms with Crippen LogP contribution in [0.15, 0.2) is 41.3 Å². The smallest absolute Gasteiger partial charge is 0.279 e. The number of para-hydroxylation sites is 1. The van der Waals surface area contributed by atoms with Crippen LogP contribution in [0.3, 0.4) is 0 Å². The first-order chi connectivity index (χ1) is 11.7. The number of aryl methyl sites for hydroxylation is 1. The molecule has 0 spiro atoms. The van der Waals surface area contributed by atoms with Gasteiger partial charge in [0, 0.05) is 37.9 Å². The number of hydrogen-bond acceptors (Lipinski definition) is 4. The highest BCUT2D eigenvalue weighted by atomic mass is 35.5. The number of carbonyl (C=O) groups is 1. The second-order valence-corrected chi connectivity index (χ2v) is 5.83. The maximum Gasteiger partial charge on any atom is 0.279 e. The molecule has 1 aliphatic rings. The van der Waals surface area contributed by atoms with Crippen molar-refractivity contribution in [3.63, 3.8) is 0 Å². The summed E-state index contributed by atoms with van der Waals surface area (Å²) in [5, 5.41) is 10.2. The van der Waals surface area contributed by atoms with E-state index in [2.05, 4.69) is 15.7 Å². The number of nitrogens with one attached hydrogen (secondary N) is 2. The van der Waals surface area contributed by atoms with Crippen molar-refractivity contribution in [2.24, 2.45) is 7.05 Å². The summed E-state index contributed by atoms with van der Waals surface area (Å²) in [6.07, 6.45) is 2.20. The summed E-state index contributed by atoms with van der Waals surface area (Å²) in [5.74, 6) is -0.278. The van der Waals surface area contributed by atoms with Crippen LogP contribution in [0.25, 0.3) is 5.65 Å². The maximum absolute atomic E-state index is 12.6. The molecule has 0 radical (unpaired) electrons. The van der Waals surface area contributed by atoms with Crippen LogP contribution in [0.1, 0.15) is 21.6 Å². The number of amides is 1. The number of aromatic nitrogens is 3. The van der Waals surface area contributed by atoms with Crippen molar-refractivity contribution in [2.75, 3.05) is 11.9 Å². The number of nitrogens with zero attached hydrogens (tertiary/aromatic N) is 3. The Bertz CT molecular complexity index is 994. The minimum Gasteiger partial charge on any atom is -0.332 e. The number of rotatable bonds is 2. The van der Waals surface area contributed by atoms with Crippen molar-refractivity contribution in [3.05, 3.63) is 63.7 Å². The van der Waals surface area contributed by atoms with Crippen LogP contribution in [-0.4, -0.2) is 26.6 Å². The highest BCUT2D eigenvalue weighted by Crippen LogP contribution is 2.17. The second kappa shape index (κ2) is 6.70. The van der Waals surface area contributed by atoms with Crippen molar-refractivity contribution in [1.82, 2.24) is 19.5 Å². The maximum atomic E-state index is 12.6. The molecule has 130 valence electrons. The van der Waals surface area contributed by atoms with E-state index in [1.165, 1.54) is 10.7 Å². The van der Waals surface area contributed by atoms with Gasteiger partial charge in [-0.3, -0.25) is 9.59 Å². The van der Waals surface area contributed by atoms with Crippen LogP contribution < -0.4 is 16.2 Å². The summed E-state index contributed by atoms with van der Waals surface area (Å²) in [7, 11) is 1.87. The zero-order chi connectivity index (χ0) is 16.7. The van der Waals surface area contributed by atoms with Crippen LogP contribution in [0, 0.1) is 0 Å². The van der Waals surface area contributed by atoms with Crippen molar-refractivity contribution in [3.8, 4) is 0 Å². The summed E-state index contributed by atoms with van der Waals surface area (Å²) in [6.45, 7) is 1.35. The number of carbonyl (C=O) groups excluding carboxylic acids is 1. The molecule has 0 saturated heterocycles. The third kappa shape index (κ3) is 2.81. The van der Waals surface area contributed by atoms with Crippen LogP contribution in [0.2, 0.25) is 0 Å². The van der Waals surface area contributed by atoms with Gasteiger partial charge in [-0.25, -0.2) is 0 Å². The molecule has 4 rings (SSSR count). The summed E-state index contributed by atoms with van der Waals surface area (Å²) >= 11 is 0. The number of fused-ring (bicyclic) bond motifs is 2. The number of benzene rings is 1. The highest BCUT2D eigenvalue weighted by Gasteiger charge is 2.23. The van der Waals surface area contributed by atoms with Crippen LogP contribution >= 0.6 is 12.4 Å². The van der Waals surface area contributed by atoms with Gasteiger partial charge in [0.25, 0.3) is 11.5 Å². The van der Waals surface area contributed by atoms with E-state index in [1.54, 1.807) is 0 Å². The first-order valence-electron chi connectivity index (χ1n) is 7.82. The normalized spacial score (nSPS) is 13.2. The molecular formula is C17H18ClN5O2. The van der Waals surface area contributed by atoms with Gasteiger partial charge in [-0.2, -0.15) is 9.61 Å². The topological polar surface area (TPSA) is 80.4 Å². The summed E-state index contributed by atoms with van der Waals surface area (Å²) in [5.41, 5.74) is 3.13. The van der Waals surface area contributed by atoms with Crippen molar-refractivity contribution >= 4 is 29.6 Å². The minimum atomic E-state index is -0.278. The summed E-state index contributed by atoms with van der Waals surface area (Å²) < 4.78 is 3.22. The average molecular weight is 360 g/mol. The molecule has 0 fully saturated rings. The number of halogens is 1. The first kappa shape index (κ1) is 17.2. The number of anilines is 1. The van der Waals surface area contributed by atoms with Crippen LogP contribution in [0.4, 0.5) is 5.69 Å². The quantitative estimate of drug-likeness (QED) is 0.724. The second-order valence-electron chi connectivity index (χ2n) is 5.83. The van der Waals surface area contributed by atoms with Gasteiger partial charge in [-0.05, 0) is 12.1 Å². The molecule has 3 aromatic rings. The molecule has 7 nitrogen and oxygen atoms in total. The molecule has 0 unspecified atom stereocenters. The molecule has 3 heterocycles. The molecular weight excluding hydrogens is 342 g/mol. The van der Waals surface area contributed by atoms with E-state index >= 15 is 0 Å². The Morgan fingerprint density at radius 2 is 2.04 bits per heavy atom. The lowest BCUT2D eigenvalue weighted by atomic mass is 10.1. The van der Waals surface area contributed by atoms with Gasteiger partial charge in [-0.15, -0.1) is 12.4 Å². The van der Waals surface area contributed by atoms with Gasteiger partial charge < -0.3 is 15.2 Å². The Kier molecular flexibility index (Phi) is 4.61. The highest BCUT2D eigenvalue weighted by molar-refractivity contribution is 6.08. The third-order valence-electron chi connectivity index (χ3n) is 4.38. The molecule has 0 atom stereocenters. The monoisotopic (exact) mass is 359 g/mol. The molecule has 1 aromatic carbocycles. The Hall–Kier alpha value is -2.64. The molecule has 0 saturated carbocycles. The van der Waals surface area contributed by atoms with E-state index in [9.17, 15) is 9.59 Å². The largest absolute Gasteiger partial charge is 0.332 e. The Morgan fingerprint density at radius 1 is 1.28 bits per heavy atom. The molecule has 0 bridgehead atoms. The molecule has 25 heavy (non-hydrogen) atoms. The van der Waals surface area contributed by atoms with Crippen molar-refractivity contribution < 1.29 is 4.79 Å². The fourth-order valence-corrected chi connectivity index (χ4v) is 3.19. The van der Waals surface area contributed by atoms with Gasteiger partial charge in [0.1, 0.15) is 5.56 Å². The number of hydrogen-bond donors (Lipinski definition) is 2. The van der Waals surface area contributed by atoms with Crippen molar-refractivity contribution in [2.45, 2.75) is 13.0 Å². The van der Waals surface area contributed by atoms with E-state index in [0.717, 1.165) is 24.2 Å². The summed E-state index contributed by atoms with van der Waals surface area (Å²) in [4.78, 5) is 25.3. The van der Waals surface area contributed by atoms with Gasteiger partial charge in [0.05, 0.1) is 11.8 Å². The lowest BCUT2D eigenvalue weighted by molar-refractivity contribution is 0.102. The van der Waals surface area contributed by atoms with Crippen LogP contribution in [-0.2, 0) is 20.0 Å². The standard InChI is InChI=1S/C17H17N5O2.ClH/c1-21-14-7-8-18-9-12(14)17(24)22-16(21)13(10-19-22)15(23)20-11-5-3-2-4-6-11;/h2-6,10,18H,7-9H2,1H3,(H,20,23);1H. The Morgan fingerprint density at radius 3 is 2.80 bits per heavy atom. The van der Waals surface area contributed by atoms with E-state index in [1.807, 2.05) is 41.9 Å². The fourth-order valence-electron chi connectivity index (χ4n) is 3.19. The lowest BCUT2D eigenvalue weighted by Crippen LogP contribution is -2.35. The lowest BCUT2D eigenvalue weighted by Gasteiger charge is -2.20. The van der Waals surface area contributed by atoms with E-state index in [-0.39, 0.29) is 23.9 Å². The van der Waals surface area contributed by atoms with Gasteiger partial charge in [-0.1, -0.05) is 18.2 Å². The molecule has 1 aliphatic heterocycles. The SMILES string of the molecule is Cl.Cn1c2c(c(=O)n3ncc(C(=O)Nc4ccccc4)c13)CNCC2. The first-order valence-corrected chi connectivity index (χ1v) is 7.82. The molecule has 1 amide bonds. The zero-order valence-electron chi connectivity index (χ0n) is 13.7. The van der Waals surface area contributed by atoms with Crippen molar-refractivity contribution in [1.29, 1.82) is 0 Å². The van der Waals surface area contributed by atoms with E-state index in [0.29, 0.717) is 23.4 Å². The van der Waals surface area contributed by atoms with Crippen LogP contribution in [0.5, 0.6) is 0 Å². The van der Waals surface area contributed by atoms with Gasteiger partial charge >= 0.3 is 0 Å². The molecule has 2 aromatic heterocycles. The Balaban J connectivity index is 0.00000182. The molecule has 0 aliphatic carbocycles. The summed E-state index contributed by atoms with van der Waals surface area (Å²) in [6, 6.07) is 9.22. The van der Waals surface area contributed by atoms with E-state index in [4.69, 9.17) is 0 Å². The van der Waals surface area contributed by atoms with E-state index < -0.39 is 0 Å². The zero-order valence-corrected chi connectivity index (χ0v) is 14.5. The predicted molar refractivity (Wildman–Crippen MR) is 97.5 cm³/mol. The third-order valence-corrected chi connectivity index (χ3v) is 4.38. The minimum absolute atomic E-state index is 0. The predicted octanol–water partition coefficient (Wildman–Crippen LogP) is 1.35. The van der Waals surface area contributed by atoms with Gasteiger partial charge in [0.15, 0.2) is 5.65 Å². The molecule has 8 heteroatoms. The van der Waals surface area contributed by atoms with Gasteiger partial charge in [0.2, 0.25) is 0 Å². The fraction of sp³-hybridized carbons (Fsp3) is 0.235.